The zero-order valence-electron chi connectivity index (χ0n) is 4.34. The van der Waals surface area contributed by atoms with Crippen LogP contribution in [0.3, 0.4) is 0 Å². The SMILES string of the molecule is Brc1c(Br)c(Br)n(Br)c1Br. The van der Waals surface area contributed by atoms with Crippen LogP contribution >= 0.6 is 79.9 Å². The lowest BCUT2D eigenvalue weighted by Gasteiger charge is -1.90. The largest absolute Gasteiger partial charge is 0.261 e. The maximum atomic E-state index is 3.38. The van der Waals surface area contributed by atoms with E-state index in [0.717, 1.165) is 18.2 Å². The topological polar surface area (TPSA) is 4.93 Å². The predicted octanol–water partition coefficient (Wildman–Crippen LogP) is 4.70. The van der Waals surface area contributed by atoms with Crippen molar-refractivity contribution in [2.75, 3.05) is 0 Å². The molecule has 1 aromatic heterocycles. The summed E-state index contributed by atoms with van der Waals surface area (Å²) in [6.07, 6.45) is 0. The van der Waals surface area contributed by atoms with Crippen LogP contribution in [-0.2, 0) is 0 Å². The van der Waals surface area contributed by atoms with Gasteiger partial charge in [0.1, 0.15) is 9.21 Å². The predicted molar refractivity (Wildman–Crippen MR) is 59.6 cm³/mol. The number of hydrogen-bond acceptors (Lipinski definition) is 0. The fourth-order valence-electron chi connectivity index (χ4n) is 0.440. The molecule has 0 aliphatic heterocycles. The molecule has 0 aliphatic rings. The molecule has 56 valence electrons. The van der Waals surface area contributed by atoms with Gasteiger partial charge in [0.15, 0.2) is 0 Å². The molecule has 0 aromatic carbocycles. The highest BCUT2D eigenvalue weighted by Gasteiger charge is 2.13. The molecule has 1 nitrogen and oxygen atoms in total. The number of hydrogen-bond donors (Lipinski definition) is 0. The van der Waals surface area contributed by atoms with Crippen LogP contribution in [0.1, 0.15) is 0 Å². The molecule has 0 bridgehead atoms. The summed E-state index contributed by atoms with van der Waals surface area (Å²) in [5, 5.41) is 0. The van der Waals surface area contributed by atoms with Crippen molar-refractivity contribution in [2.45, 2.75) is 0 Å². The molecular formula is C4Br5N. The van der Waals surface area contributed by atoms with Gasteiger partial charge in [0.2, 0.25) is 0 Å². The molecule has 0 fully saturated rings. The smallest absolute Gasteiger partial charge is 0.112 e. The second kappa shape index (κ2) is 3.60. The summed E-state index contributed by atoms with van der Waals surface area (Å²) >= 11 is 16.8. The van der Waals surface area contributed by atoms with E-state index in [1.807, 2.05) is 0 Å². The highest BCUT2D eigenvalue weighted by molar-refractivity contribution is 9.16. The Hall–Kier alpha value is 1.68. The maximum absolute atomic E-state index is 3.38. The Balaban J connectivity index is 3.44. The Morgan fingerprint density at radius 2 is 1.10 bits per heavy atom. The van der Waals surface area contributed by atoms with E-state index in [4.69, 9.17) is 0 Å². The van der Waals surface area contributed by atoms with Gasteiger partial charge in [-0.25, -0.2) is 0 Å². The van der Waals surface area contributed by atoms with Crippen molar-refractivity contribution in [3.8, 4) is 0 Å². The van der Waals surface area contributed by atoms with E-state index in [0.29, 0.717) is 0 Å². The Morgan fingerprint density at radius 1 is 0.800 bits per heavy atom. The van der Waals surface area contributed by atoms with Crippen LogP contribution in [0.25, 0.3) is 0 Å². The van der Waals surface area contributed by atoms with E-state index in [2.05, 4.69) is 79.9 Å². The summed E-state index contributed by atoms with van der Waals surface area (Å²) in [6.45, 7) is 0. The third-order valence-electron chi connectivity index (χ3n) is 0.900. The lowest BCUT2D eigenvalue weighted by molar-refractivity contribution is 1.23. The van der Waals surface area contributed by atoms with Crippen LogP contribution in [0.2, 0.25) is 0 Å². The molecule has 0 aliphatic carbocycles. The molecule has 6 heteroatoms. The standard InChI is InChI=1S/C4Br5N/c5-1-2(6)4(8)10(9)3(1)7. The minimum Gasteiger partial charge on any atom is -0.261 e. The first-order valence-corrected chi connectivity index (χ1v) is 6.00. The van der Waals surface area contributed by atoms with E-state index >= 15 is 0 Å². The van der Waals surface area contributed by atoms with Gasteiger partial charge in [-0.15, -0.1) is 0 Å². The quantitative estimate of drug-likeness (QED) is 0.528. The molecule has 0 radical (unpaired) electrons. The van der Waals surface area contributed by atoms with Gasteiger partial charge < -0.3 is 0 Å². The average molecular weight is 462 g/mol. The van der Waals surface area contributed by atoms with E-state index < -0.39 is 0 Å². The summed E-state index contributed by atoms with van der Waals surface area (Å²) in [6, 6.07) is 0. The molecule has 1 rings (SSSR count). The third-order valence-corrected chi connectivity index (χ3v) is 7.20. The van der Waals surface area contributed by atoms with Crippen molar-refractivity contribution in [1.82, 2.24) is 3.59 Å². The normalized spacial score (nSPS) is 10.5. The zero-order chi connectivity index (χ0) is 7.89. The van der Waals surface area contributed by atoms with Crippen LogP contribution in [0.15, 0.2) is 18.2 Å². The molecule has 0 spiro atoms. The van der Waals surface area contributed by atoms with E-state index in [1.165, 1.54) is 0 Å². The van der Waals surface area contributed by atoms with E-state index in [-0.39, 0.29) is 0 Å². The van der Waals surface area contributed by atoms with Crippen molar-refractivity contribution in [2.24, 2.45) is 0 Å². The maximum Gasteiger partial charge on any atom is 0.112 e. The van der Waals surface area contributed by atoms with Crippen molar-refractivity contribution in [1.29, 1.82) is 0 Å². The summed E-state index contributed by atoms with van der Waals surface area (Å²) < 4.78 is 5.63. The average Bonchev–Trinajstić information content (AvgIpc) is 2.07. The lowest BCUT2D eigenvalue weighted by atomic mass is 10.7. The Morgan fingerprint density at radius 3 is 1.20 bits per heavy atom. The van der Waals surface area contributed by atoms with Gasteiger partial charge in [-0.2, -0.15) is 0 Å². The summed E-state index contributed by atoms with van der Waals surface area (Å²) in [7, 11) is 0. The van der Waals surface area contributed by atoms with E-state index in [1.54, 1.807) is 3.59 Å². The minimum atomic E-state index is 0.936. The van der Waals surface area contributed by atoms with Crippen molar-refractivity contribution in [3.05, 3.63) is 18.2 Å². The van der Waals surface area contributed by atoms with Crippen LogP contribution < -0.4 is 0 Å². The van der Waals surface area contributed by atoms with Crippen molar-refractivity contribution >= 4 is 79.9 Å². The minimum absolute atomic E-state index is 0.936. The van der Waals surface area contributed by atoms with Crippen molar-refractivity contribution in [3.63, 3.8) is 0 Å². The third kappa shape index (κ3) is 1.55. The molecule has 0 amide bonds. The first kappa shape index (κ1) is 9.77. The molecule has 0 unspecified atom stereocenters. The van der Waals surface area contributed by atoms with Gasteiger partial charge in [-0.05, 0) is 63.7 Å². The fraction of sp³-hybridized carbons (Fsp3) is 0. The van der Waals surface area contributed by atoms with Gasteiger partial charge in [-0.3, -0.25) is 3.59 Å². The molecule has 0 atom stereocenters. The molecule has 0 N–H and O–H groups in total. The zero-order valence-corrected chi connectivity index (χ0v) is 12.3. The molecule has 1 heterocycles. The summed E-state index contributed by atoms with van der Waals surface area (Å²) in [4.78, 5) is 0. The number of halogens is 5. The highest BCUT2D eigenvalue weighted by Crippen LogP contribution is 2.40. The number of rotatable bonds is 0. The number of aromatic nitrogens is 1. The van der Waals surface area contributed by atoms with Gasteiger partial charge in [0, 0.05) is 0 Å². The van der Waals surface area contributed by atoms with Gasteiger partial charge >= 0.3 is 0 Å². The Bertz CT molecular complexity index is 185. The Labute approximate surface area is 100 Å². The first-order valence-electron chi connectivity index (χ1n) is 2.12. The van der Waals surface area contributed by atoms with Gasteiger partial charge in [-0.1, -0.05) is 0 Å². The van der Waals surface area contributed by atoms with Gasteiger partial charge in [0.05, 0.1) is 25.1 Å². The van der Waals surface area contributed by atoms with Crippen LogP contribution in [0, 0.1) is 0 Å². The molecular weight excluding hydrogens is 462 g/mol. The van der Waals surface area contributed by atoms with Crippen LogP contribution in [0.5, 0.6) is 0 Å². The van der Waals surface area contributed by atoms with Crippen molar-refractivity contribution < 1.29 is 0 Å². The second-order valence-corrected chi connectivity index (χ2v) is 5.29. The van der Waals surface area contributed by atoms with Crippen LogP contribution in [0.4, 0.5) is 0 Å². The lowest BCUT2D eigenvalue weighted by Crippen LogP contribution is -1.75. The number of nitrogens with zero attached hydrogens (tertiary/aromatic N) is 1. The molecule has 1 aromatic rings. The highest BCUT2D eigenvalue weighted by atomic mass is 79.9. The fourth-order valence-corrected chi connectivity index (χ4v) is 3.52. The molecule has 0 saturated carbocycles. The van der Waals surface area contributed by atoms with E-state index in [9.17, 15) is 0 Å². The van der Waals surface area contributed by atoms with Crippen LogP contribution in [-0.4, -0.2) is 3.59 Å². The first-order chi connectivity index (χ1) is 4.55. The molecule has 10 heavy (non-hydrogen) atoms. The summed E-state index contributed by atoms with van der Waals surface area (Å²) in [5.41, 5.74) is 0. The summed E-state index contributed by atoms with van der Waals surface area (Å²) in [5.74, 6) is 0. The monoisotopic (exact) mass is 457 g/mol. The second-order valence-electron chi connectivity index (χ2n) is 1.49. The Kier molecular flexibility index (Phi) is 3.51. The molecule has 0 saturated heterocycles. The van der Waals surface area contributed by atoms with Gasteiger partial charge in [0.25, 0.3) is 0 Å².